The number of benzene rings is 1. The lowest BCUT2D eigenvalue weighted by Crippen LogP contribution is -2.53. The summed E-state index contributed by atoms with van der Waals surface area (Å²) in [5.74, 6) is -1.93. The van der Waals surface area contributed by atoms with Gasteiger partial charge in [0, 0.05) is 0 Å². The van der Waals surface area contributed by atoms with E-state index in [9.17, 15) is 14.7 Å². The average molecular weight is 360 g/mol. The van der Waals surface area contributed by atoms with E-state index in [1.807, 2.05) is 34.6 Å². The maximum atomic E-state index is 12.7. The van der Waals surface area contributed by atoms with E-state index in [2.05, 4.69) is 0 Å². The molecule has 1 fully saturated rings. The summed E-state index contributed by atoms with van der Waals surface area (Å²) < 4.78 is 18.0. The van der Waals surface area contributed by atoms with E-state index in [1.54, 1.807) is 19.1 Å². The number of fused-ring (bicyclic) bond motifs is 1. The standard InChI is InChI=1S/C19H25BO6/c1-10-8-12-14(24-19(7,16(22)23)11(2)15(12)21)9-13(10)20-25-17(3,4)18(5,6)26-20/h8-9,11H,1-7H3,(H,22,23). The number of ketones is 1. The van der Waals surface area contributed by atoms with E-state index in [4.69, 9.17) is 14.0 Å². The van der Waals surface area contributed by atoms with E-state index >= 15 is 0 Å². The molecule has 1 aromatic rings. The highest BCUT2D eigenvalue weighted by atomic mass is 16.7. The molecule has 1 N–H and O–H groups in total. The molecule has 0 aliphatic carbocycles. The smallest absolute Gasteiger partial charge is 0.478 e. The zero-order chi connectivity index (χ0) is 19.7. The van der Waals surface area contributed by atoms with Crippen LogP contribution in [0.25, 0.3) is 0 Å². The first-order valence-electron chi connectivity index (χ1n) is 8.77. The second-order valence-electron chi connectivity index (χ2n) is 8.39. The van der Waals surface area contributed by atoms with Crippen molar-refractivity contribution in [1.82, 2.24) is 0 Å². The van der Waals surface area contributed by atoms with Crippen LogP contribution in [0.2, 0.25) is 0 Å². The molecule has 0 bridgehead atoms. The molecule has 26 heavy (non-hydrogen) atoms. The number of ether oxygens (including phenoxy) is 1. The van der Waals surface area contributed by atoms with Gasteiger partial charge in [0.2, 0.25) is 5.60 Å². The second-order valence-corrected chi connectivity index (χ2v) is 8.39. The molecule has 1 aromatic carbocycles. The molecule has 2 unspecified atom stereocenters. The van der Waals surface area contributed by atoms with Crippen molar-refractivity contribution >= 4 is 24.3 Å². The van der Waals surface area contributed by atoms with Gasteiger partial charge in [-0.15, -0.1) is 0 Å². The van der Waals surface area contributed by atoms with Gasteiger partial charge in [-0.05, 0) is 59.1 Å². The number of aliphatic carboxylic acids is 1. The zero-order valence-electron chi connectivity index (χ0n) is 16.3. The van der Waals surface area contributed by atoms with E-state index in [-0.39, 0.29) is 11.5 Å². The highest BCUT2D eigenvalue weighted by molar-refractivity contribution is 6.62. The van der Waals surface area contributed by atoms with Gasteiger partial charge in [-0.3, -0.25) is 4.79 Å². The molecule has 7 heteroatoms. The molecular formula is C19H25BO6. The van der Waals surface area contributed by atoms with Crippen LogP contribution >= 0.6 is 0 Å². The molecule has 2 aliphatic heterocycles. The summed E-state index contributed by atoms with van der Waals surface area (Å²) in [5, 5.41) is 9.56. The third kappa shape index (κ3) is 2.56. The third-order valence-electron chi connectivity index (χ3n) is 6.11. The molecule has 2 atom stereocenters. The van der Waals surface area contributed by atoms with Crippen molar-refractivity contribution in [3.05, 3.63) is 23.3 Å². The Bertz CT molecular complexity index is 783. The van der Waals surface area contributed by atoms with Gasteiger partial charge < -0.3 is 19.2 Å². The van der Waals surface area contributed by atoms with Crippen molar-refractivity contribution in [1.29, 1.82) is 0 Å². The van der Waals surface area contributed by atoms with Crippen molar-refractivity contribution in [2.75, 3.05) is 0 Å². The van der Waals surface area contributed by atoms with Gasteiger partial charge in [0.05, 0.1) is 22.7 Å². The minimum atomic E-state index is -1.60. The van der Waals surface area contributed by atoms with Gasteiger partial charge >= 0.3 is 13.1 Å². The monoisotopic (exact) mass is 360 g/mol. The summed E-state index contributed by atoms with van der Waals surface area (Å²) in [6.45, 7) is 12.7. The lowest BCUT2D eigenvalue weighted by Gasteiger charge is -2.36. The first-order valence-corrected chi connectivity index (χ1v) is 8.77. The predicted molar refractivity (Wildman–Crippen MR) is 97.1 cm³/mol. The number of aryl methyl sites for hydroxylation is 1. The zero-order valence-corrected chi connectivity index (χ0v) is 16.3. The van der Waals surface area contributed by atoms with Crippen LogP contribution in [-0.4, -0.2) is 40.8 Å². The van der Waals surface area contributed by atoms with Crippen LogP contribution in [0, 0.1) is 12.8 Å². The minimum absolute atomic E-state index is 0.236. The highest BCUT2D eigenvalue weighted by Crippen LogP contribution is 2.40. The van der Waals surface area contributed by atoms with Crippen LogP contribution in [0.15, 0.2) is 12.1 Å². The van der Waals surface area contributed by atoms with Gasteiger partial charge in [0.15, 0.2) is 5.78 Å². The second kappa shape index (κ2) is 5.57. The van der Waals surface area contributed by atoms with Crippen LogP contribution < -0.4 is 10.2 Å². The molecule has 0 aromatic heterocycles. The van der Waals surface area contributed by atoms with Gasteiger partial charge in [-0.2, -0.15) is 0 Å². The van der Waals surface area contributed by atoms with Crippen molar-refractivity contribution in [2.45, 2.75) is 65.3 Å². The summed E-state index contributed by atoms with van der Waals surface area (Å²) in [4.78, 5) is 24.4. The first-order chi connectivity index (χ1) is 11.8. The number of hydrogen-bond donors (Lipinski definition) is 1. The lowest BCUT2D eigenvalue weighted by molar-refractivity contribution is -0.157. The third-order valence-corrected chi connectivity index (χ3v) is 6.11. The van der Waals surface area contributed by atoms with Crippen LogP contribution in [-0.2, 0) is 14.1 Å². The fourth-order valence-electron chi connectivity index (χ4n) is 3.23. The van der Waals surface area contributed by atoms with Gasteiger partial charge in [-0.25, -0.2) is 4.79 Å². The van der Waals surface area contributed by atoms with Crippen molar-refractivity contribution in [3.63, 3.8) is 0 Å². The minimum Gasteiger partial charge on any atom is -0.478 e. The molecule has 6 nitrogen and oxygen atoms in total. The summed E-state index contributed by atoms with van der Waals surface area (Å²) >= 11 is 0. The Labute approximate surface area is 154 Å². The average Bonchev–Trinajstić information content (AvgIpc) is 2.73. The number of rotatable bonds is 2. The molecular weight excluding hydrogens is 335 g/mol. The molecule has 140 valence electrons. The molecule has 0 saturated carbocycles. The maximum absolute atomic E-state index is 12.7. The van der Waals surface area contributed by atoms with Crippen molar-refractivity contribution in [3.8, 4) is 5.75 Å². The highest BCUT2D eigenvalue weighted by Gasteiger charge is 2.53. The molecule has 0 radical (unpaired) electrons. The van der Waals surface area contributed by atoms with Crippen LogP contribution in [0.3, 0.4) is 0 Å². The van der Waals surface area contributed by atoms with Crippen LogP contribution in [0.4, 0.5) is 0 Å². The number of Topliss-reactive ketones (excluding diaryl/α,β-unsaturated/α-hetero) is 1. The number of carbonyl (C=O) groups excluding carboxylic acids is 1. The molecule has 2 heterocycles. The number of carbonyl (C=O) groups is 2. The molecule has 0 spiro atoms. The maximum Gasteiger partial charge on any atom is 0.495 e. The summed E-state index contributed by atoms with van der Waals surface area (Å²) in [6.07, 6.45) is 0. The fraction of sp³-hybridized carbons (Fsp3) is 0.579. The fourth-order valence-corrected chi connectivity index (χ4v) is 3.23. The van der Waals surface area contributed by atoms with E-state index in [0.29, 0.717) is 5.56 Å². The summed E-state index contributed by atoms with van der Waals surface area (Å²) in [5.41, 5.74) is -0.634. The number of hydrogen-bond acceptors (Lipinski definition) is 5. The van der Waals surface area contributed by atoms with E-state index < -0.39 is 35.8 Å². The van der Waals surface area contributed by atoms with Crippen LogP contribution in [0.5, 0.6) is 5.75 Å². The molecule has 0 amide bonds. The largest absolute Gasteiger partial charge is 0.495 e. The predicted octanol–water partition coefficient (Wildman–Crippen LogP) is 2.35. The molecule has 2 aliphatic rings. The van der Waals surface area contributed by atoms with Crippen molar-refractivity contribution in [2.24, 2.45) is 5.92 Å². The summed E-state index contributed by atoms with van der Waals surface area (Å²) in [6, 6.07) is 3.41. The van der Waals surface area contributed by atoms with E-state index in [1.165, 1.54) is 6.92 Å². The molecule has 3 rings (SSSR count). The number of carboxylic acid groups (broad SMARTS) is 1. The van der Waals surface area contributed by atoms with Gasteiger partial charge in [0.1, 0.15) is 5.75 Å². The van der Waals surface area contributed by atoms with Crippen LogP contribution in [0.1, 0.15) is 57.5 Å². The van der Waals surface area contributed by atoms with Gasteiger partial charge in [0.25, 0.3) is 0 Å². The Morgan fingerprint density at radius 3 is 2.15 bits per heavy atom. The first kappa shape index (κ1) is 18.9. The molecule has 1 saturated heterocycles. The topological polar surface area (TPSA) is 82.1 Å². The Balaban J connectivity index is 2.06. The lowest BCUT2D eigenvalue weighted by atomic mass is 9.73. The van der Waals surface area contributed by atoms with Crippen molar-refractivity contribution < 1.29 is 28.7 Å². The summed E-state index contributed by atoms with van der Waals surface area (Å²) in [7, 11) is -0.612. The quantitative estimate of drug-likeness (QED) is 0.816. The normalized spacial score (nSPS) is 29.3. The Morgan fingerprint density at radius 1 is 1.12 bits per heavy atom. The Morgan fingerprint density at radius 2 is 1.65 bits per heavy atom. The Kier molecular flexibility index (Phi) is 4.05. The number of carboxylic acids is 1. The SMILES string of the molecule is Cc1cc2c(cc1B1OC(C)(C)C(C)(C)O1)OC(C)(C(=O)O)C(C)C2=O. The van der Waals surface area contributed by atoms with Gasteiger partial charge in [-0.1, -0.05) is 12.5 Å². The van der Waals surface area contributed by atoms with E-state index in [0.717, 1.165) is 11.0 Å². The Hall–Kier alpha value is -1.86.